The van der Waals surface area contributed by atoms with Gasteiger partial charge in [-0.2, -0.15) is 0 Å². The van der Waals surface area contributed by atoms with Gasteiger partial charge < -0.3 is 9.63 Å². The van der Waals surface area contributed by atoms with E-state index in [1.54, 1.807) is 0 Å². The fourth-order valence-electron chi connectivity index (χ4n) is 2.33. The van der Waals surface area contributed by atoms with Crippen molar-refractivity contribution in [2.24, 2.45) is 0 Å². The third-order valence-corrected chi connectivity index (χ3v) is 3.78. The fourth-order valence-corrected chi connectivity index (χ4v) is 2.33. The summed E-state index contributed by atoms with van der Waals surface area (Å²) >= 11 is 0. The molecule has 1 aromatic rings. The van der Waals surface area contributed by atoms with Crippen molar-refractivity contribution >= 4 is 5.97 Å². The summed E-state index contributed by atoms with van der Waals surface area (Å²) in [6, 6.07) is 2.13. The molecule has 1 aliphatic rings. The standard InChI is InChI=1S/C13H21N3O3/c1-3-10(2)16-6-4-15(5-7-16)9-11-8-12(13(17)18)14-19-11/h8,10H,3-7,9H2,1-2H3,(H,17,18). The van der Waals surface area contributed by atoms with Crippen LogP contribution in [-0.4, -0.2) is 58.3 Å². The van der Waals surface area contributed by atoms with Crippen LogP contribution in [0.3, 0.4) is 0 Å². The van der Waals surface area contributed by atoms with Crippen LogP contribution in [0.1, 0.15) is 36.5 Å². The van der Waals surface area contributed by atoms with E-state index >= 15 is 0 Å². The molecule has 1 aliphatic heterocycles. The smallest absolute Gasteiger partial charge is 0.358 e. The van der Waals surface area contributed by atoms with E-state index in [0.717, 1.165) is 26.2 Å². The number of hydrogen-bond acceptors (Lipinski definition) is 5. The van der Waals surface area contributed by atoms with E-state index in [1.165, 1.54) is 12.5 Å². The summed E-state index contributed by atoms with van der Waals surface area (Å²) < 4.78 is 5.04. The molecule has 0 radical (unpaired) electrons. The molecular weight excluding hydrogens is 246 g/mol. The summed E-state index contributed by atoms with van der Waals surface area (Å²) in [5, 5.41) is 12.3. The number of carboxylic acid groups (broad SMARTS) is 1. The van der Waals surface area contributed by atoms with Crippen molar-refractivity contribution in [3.8, 4) is 0 Å². The molecule has 1 N–H and O–H groups in total. The lowest BCUT2D eigenvalue weighted by Crippen LogP contribution is -2.48. The molecule has 0 amide bonds. The largest absolute Gasteiger partial charge is 0.476 e. The number of aromatic nitrogens is 1. The Morgan fingerprint density at radius 2 is 2.16 bits per heavy atom. The minimum Gasteiger partial charge on any atom is -0.476 e. The van der Waals surface area contributed by atoms with Gasteiger partial charge in [0.05, 0.1) is 6.54 Å². The predicted octanol–water partition coefficient (Wildman–Crippen LogP) is 1.29. The van der Waals surface area contributed by atoms with E-state index in [-0.39, 0.29) is 5.69 Å². The van der Waals surface area contributed by atoms with Crippen LogP contribution in [0.5, 0.6) is 0 Å². The van der Waals surface area contributed by atoms with Crippen LogP contribution in [0.2, 0.25) is 0 Å². The number of carbonyl (C=O) groups is 1. The average Bonchev–Trinajstić information content (AvgIpc) is 2.87. The maximum Gasteiger partial charge on any atom is 0.358 e. The van der Waals surface area contributed by atoms with Gasteiger partial charge in [0.15, 0.2) is 11.5 Å². The zero-order valence-electron chi connectivity index (χ0n) is 11.5. The number of nitrogens with zero attached hydrogens (tertiary/aromatic N) is 3. The molecular formula is C13H21N3O3. The highest BCUT2D eigenvalue weighted by Crippen LogP contribution is 2.12. The minimum atomic E-state index is -1.04. The Morgan fingerprint density at radius 1 is 1.47 bits per heavy atom. The highest BCUT2D eigenvalue weighted by molar-refractivity contribution is 5.85. The van der Waals surface area contributed by atoms with E-state index in [9.17, 15) is 4.79 Å². The van der Waals surface area contributed by atoms with Crippen molar-refractivity contribution in [2.45, 2.75) is 32.9 Å². The second-order valence-corrected chi connectivity index (χ2v) is 5.05. The van der Waals surface area contributed by atoms with E-state index in [0.29, 0.717) is 18.3 Å². The molecule has 6 nitrogen and oxygen atoms in total. The number of piperazine rings is 1. The predicted molar refractivity (Wildman–Crippen MR) is 70.1 cm³/mol. The van der Waals surface area contributed by atoms with Gasteiger partial charge in [-0.15, -0.1) is 0 Å². The molecule has 2 heterocycles. The van der Waals surface area contributed by atoms with Crippen LogP contribution in [0, 0.1) is 0 Å². The highest BCUT2D eigenvalue weighted by atomic mass is 16.5. The van der Waals surface area contributed by atoms with Crippen molar-refractivity contribution < 1.29 is 14.4 Å². The second kappa shape index (κ2) is 6.16. The van der Waals surface area contributed by atoms with Crippen molar-refractivity contribution in [2.75, 3.05) is 26.2 Å². The van der Waals surface area contributed by atoms with Crippen molar-refractivity contribution in [1.82, 2.24) is 15.0 Å². The summed E-state index contributed by atoms with van der Waals surface area (Å²) in [6.07, 6.45) is 1.17. The number of rotatable bonds is 5. The Balaban J connectivity index is 1.83. The molecule has 0 spiro atoms. The third-order valence-electron chi connectivity index (χ3n) is 3.78. The maximum absolute atomic E-state index is 10.7. The lowest BCUT2D eigenvalue weighted by molar-refractivity contribution is 0.0685. The van der Waals surface area contributed by atoms with Gasteiger partial charge in [0.1, 0.15) is 0 Å². The molecule has 2 rings (SSSR count). The van der Waals surface area contributed by atoms with Gasteiger partial charge in [0.2, 0.25) is 0 Å². The van der Waals surface area contributed by atoms with Crippen LogP contribution in [-0.2, 0) is 6.54 Å². The zero-order valence-corrected chi connectivity index (χ0v) is 11.5. The Kier molecular flexibility index (Phi) is 4.55. The molecule has 1 fully saturated rings. The molecule has 1 atom stereocenters. The van der Waals surface area contributed by atoms with Gasteiger partial charge in [0, 0.05) is 38.3 Å². The molecule has 1 saturated heterocycles. The van der Waals surface area contributed by atoms with Crippen LogP contribution >= 0.6 is 0 Å². The van der Waals surface area contributed by atoms with E-state index in [4.69, 9.17) is 9.63 Å². The molecule has 1 aromatic heterocycles. The quantitative estimate of drug-likeness (QED) is 0.867. The average molecular weight is 267 g/mol. The first-order chi connectivity index (χ1) is 9.10. The number of hydrogen-bond donors (Lipinski definition) is 1. The van der Waals surface area contributed by atoms with E-state index in [1.807, 2.05) is 0 Å². The molecule has 0 aromatic carbocycles. The van der Waals surface area contributed by atoms with Gasteiger partial charge in [-0.25, -0.2) is 4.79 Å². The second-order valence-electron chi connectivity index (χ2n) is 5.05. The third kappa shape index (κ3) is 3.54. The van der Waals surface area contributed by atoms with Gasteiger partial charge in [-0.3, -0.25) is 9.80 Å². The molecule has 0 saturated carbocycles. The molecule has 0 aliphatic carbocycles. The molecule has 6 heteroatoms. The van der Waals surface area contributed by atoms with Crippen LogP contribution in [0.15, 0.2) is 10.6 Å². The Hall–Kier alpha value is -1.40. The first-order valence-corrected chi connectivity index (χ1v) is 6.75. The Morgan fingerprint density at radius 3 is 2.68 bits per heavy atom. The van der Waals surface area contributed by atoms with Crippen molar-refractivity contribution in [3.63, 3.8) is 0 Å². The SMILES string of the molecule is CCC(C)N1CCN(Cc2cc(C(=O)O)no2)CC1. The van der Waals surface area contributed by atoms with Gasteiger partial charge in [-0.1, -0.05) is 12.1 Å². The lowest BCUT2D eigenvalue weighted by atomic mass is 10.2. The summed E-state index contributed by atoms with van der Waals surface area (Å²) in [5.74, 6) is -0.425. The van der Waals surface area contributed by atoms with Crippen molar-refractivity contribution in [3.05, 3.63) is 17.5 Å². The molecule has 1 unspecified atom stereocenters. The highest BCUT2D eigenvalue weighted by Gasteiger charge is 2.21. The normalized spacial score (nSPS) is 19.5. The van der Waals surface area contributed by atoms with Crippen LogP contribution in [0.25, 0.3) is 0 Å². The van der Waals surface area contributed by atoms with E-state index in [2.05, 4.69) is 28.8 Å². The molecule has 0 bridgehead atoms. The number of carboxylic acids is 1. The maximum atomic E-state index is 10.7. The topological polar surface area (TPSA) is 69.8 Å². The van der Waals surface area contributed by atoms with Gasteiger partial charge in [0.25, 0.3) is 0 Å². The molecule has 19 heavy (non-hydrogen) atoms. The minimum absolute atomic E-state index is 0.0201. The Bertz CT molecular complexity index is 425. The lowest BCUT2D eigenvalue weighted by Gasteiger charge is -2.37. The fraction of sp³-hybridized carbons (Fsp3) is 0.692. The van der Waals surface area contributed by atoms with Crippen molar-refractivity contribution in [1.29, 1.82) is 0 Å². The van der Waals surface area contributed by atoms with Crippen LogP contribution < -0.4 is 0 Å². The Labute approximate surface area is 113 Å². The monoisotopic (exact) mass is 267 g/mol. The summed E-state index contributed by atoms with van der Waals surface area (Å²) in [5.41, 5.74) is -0.0201. The molecule has 106 valence electrons. The van der Waals surface area contributed by atoms with Gasteiger partial charge >= 0.3 is 5.97 Å². The number of aromatic carboxylic acids is 1. The summed E-state index contributed by atoms with van der Waals surface area (Å²) in [7, 11) is 0. The van der Waals surface area contributed by atoms with Crippen LogP contribution in [0.4, 0.5) is 0 Å². The first-order valence-electron chi connectivity index (χ1n) is 6.75. The van der Waals surface area contributed by atoms with Gasteiger partial charge in [-0.05, 0) is 13.3 Å². The zero-order chi connectivity index (χ0) is 13.8. The van der Waals surface area contributed by atoms with E-state index < -0.39 is 5.97 Å². The first kappa shape index (κ1) is 14.0. The summed E-state index contributed by atoms with van der Waals surface area (Å²) in [4.78, 5) is 15.5. The summed E-state index contributed by atoms with van der Waals surface area (Å²) in [6.45, 7) is 9.16.